The topological polar surface area (TPSA) is 73.9 Å². The Hall–Kier alpha value is -2.64. The standard InChI is InChI=1S/C24H30Cl2N4O3/c1-16(2)15-27-23(31)18-14-17(28-24(32)22(25)26)8-9-19(18)29-10-12-30(13-11-29)20-6-4-5-7-21(20)33-3/h4-9,14,16,22H,10-13,15H2,1-3H3,(H,27,31)(H,28,32). The molecule has 1 aliphatic heterocycles. The molecular formula is C24H30Cl2N4O3. The predicted octanol–water partition coefficient (Wildman–Crippen LogP) is 4.15. The number of benzene rings is 2. The van der Waals surface area contributed by atoms with Gasteiger partial charge in [0.25, 0.3) is 11.8 Å². The molecule has 0 radical (unpaired) electrons. The van der Waals surface area contributed by atoms with Crippen molar-refractivity contribution in [2.45, 2.75) is 18.7 Å². The van der Waals surface area contributed by atoms with E-state index in [-0.39, 0.29) is 5.91 Å². The number of rotatable bonds is 8. The number of nitrogens with one attached hydrogen (secondary N) is 2. The van der Waals surface area contributed by atoms with Gasteiger partial charge >= 0.3 is 0 Å². The Morgan fingerprint density at radius 2 is 1.64 bits per heavy atom. The molecule has 1 fully saturated rings. The molecule has 0 aromatic heterocycles. The number of para-hydroxylation sites is 2. The number of piperazine rings is 1. The maximum Gasteiger partial charge on any atom is 0.257 e. The van der Waals surface area contributed by atoms with Crippen LogP contribution in [-0.4, -0.2) is 56.5 Å². The van der Waals surface area contributed by atoms with Crippen LogP contribution in [0, 0.1) is 5.92 Å². The zero-order valence-corrected chi connectivity index (χ0v) is 20.6. The third kappa shape index (κ3) is 6.45. The van der Waals surface area contributed by atoms with Crippen molar-refractivity contribution >= 4 is 52.1 Å². The Balaban J connectivity index is 1.81. The summed E-state index contributed by atoms with van der Waals surface area (Å²) in [5.74, 6) is 0.440. The van der Waals surface area contributed by atoms with Crippen LogP contribution in [-0.2, 0) is 4.79 Å². The van der Waals surface area contributed by atoms with Crippen molar-refractivity contribution in [1.29, 1.82) is 0 Å². The van der Waals surface area contributed by atoms with Gasteiger partial charge in [-0.25, -0.2) is 0 Å². The normalized spacial score (nSPS) is 13.9. The van der Waals surface area contributed by atoms with Crippen molar-refractivity contribution in [3.05, 3.63) is 48.0 Å². The van der Waals surface area contributed by atoms with Crippen LogP contribution >= 0.6 is 23.2 Å². The van der Waals surface area contributed by atoms with E-state index in [2.05, 4.69) is 26.5 Å². The first kappa shape index (κ1) is 25.0. The van der Waals surface area contributed by atoms with Gasteiger partial charge < -0.3 is 25.2 Å². The van der Waals surface area contributed by atoms with Crippen LogP contribution in [0.15, 0.2) is 42.5 Å². The number of ether oxygens (including phenoxy) is 1. The van der Waals surface area contributed by atoms with E-state index in [4.69, 9.17) is 27.9 Å². The highest BCUT2D eigenvalue weighted by molar-refractivity contribution is 6.54. The third-order valence-corrected chi connectivity index (χ3v) is 5.82. The molecule has 2 N–H and O–H groups in total. The molecule has 7 nitrogen and oxygen atoms in total. The van der Waals surface area contributed by atoms with Gasteiger partial charge in [0.15, 0.2) is 4.84 Å². The zero-order valence-electron chi connectivity index (χ0n) is 19.1. The van der Waals surface area contributed by atoms with Gasteiger partial charge in [0.05, 0.1) is 18.4 Å². The van der Waals surface area contributed by atoms with E-state index < -0.39 is 10.7 Å². The zero-order chi connectivity index (χ0) is 24.0. The summed E-state index contributed by atoms with van der Waals surface area (Å²) in [6.45, 7) is 7.67. The summed E-state index contributed by atoms with van der Waals surface area (Å²) >= 11 is 11.3. The Labute approximate surface area is 205 Å². The van der Waals surface area contributed by atoms with Gasteiger partial charge in [-0.15, -0.1) is 0 Å². The highest BCUT2D eigenvalue weighted by Crippen LogP contribution is 2.31. The lowest BCUT2D eigenvalue weighted by molar-refractivity contribution is -0.114. The fourth-order valence-electron chi connectivity index (χ4n) is 3.74. The lowest BCUT2D eigenvalue weighted by Crippen LogP contribution is -2.47. The minimum Gasteiger partial charge on any atom is -0.495 e. The summed E-state index contributed by atoms with van der Waals surface area (Å²) < 4.78 is 5.51. The van der Waals surface area contributed by atoms with Gasteiger partial charge in [0.2, 0.25) is 0 Å². The van der Waals surface area contributed by atoms with Crippen molar-refractivity contribution in [2.24, 2.45) is 5.92 Å². The summed E-state index contributed by atoms with van der Waals surface area (Å²) in [4.78, 5) is 28.2. The molecule has 0 aliphatic carbocycles. The Morgan fingerprint density at radius 3 is 2.24 bits per heavy atom. The van der Waals surface area contributed by atoms with E-state index in [1.807, 2.05) is 38.1 Å². The summed E-state index contributed by atoms with van der Waals surface area (Å²) in [7, 11) is 1.67. The molecule has 178 valence electrons. The summed E-state index contributed by atoms with van der Waals surface area (Å²) in [5.41, 5.74) is 2.85. The molecule has 0 saturated carbocycles. The minimum atomic E-state index is -1.19. The van der Waals surface area contributed by atoms with Crippen LogP contribution in [0.1, 0.15) is 24.2 Å². The molecule has 0 atom stereocenters. The number of anilines is 3. The average Bonchev–Trinajstić information content (AvgIpc) is 2.82. The Bertz CT molecular complexity index is 976. The maximum absolute atomic E-state index is 13.0. The van der Waals surface area contributed by atoms with E-state index in [0.717, 1.165) is 43.3 Å². The lowest BCUT2D eigenvalue weighted by atomic mass is 10.1. The second-order valence-corrected chi connectivity index (χ2v) is 9.37. The van der Waals surface area contributed by atoms with Gasteiger partial charge in [0, 0.05) is 44.1 Å². The fraction of sp³-hybridized carbons (Fsp3) is 0.417. The molecule has 1 heterocycles. The molecule has 1 aliphatic rings. The van der Waals surface area contributed by atoms with Gasteiger partial charge in [0.1, 0.15) is 5.75 Å². The van der Waals surface area contributed by atoms with Crippen LogP contribution in [0.2, 0.25) is 0 Å². The second-order valence-electron chi connectivity index (χ2n) is 8.27. The first-order chi connectivity index (χ1) is 15.8. The number of carbonyl (C=O) groups is 2. The molecule has 0 unspecified atom stereocenters. The summed E-state index contributed by atoms with van der Waals surface area (Å²) in [6.07, 6.45) is 0. The van der Waals surface area contributed by atoms with Crippen molar-refractivity contribution in [3.8, 4) is 5.75 Å². The van der Waals surface area contributed by atoms with Crippen LogP contribution in [0.4, 0.5) is 17.1 Å². The van der Waals surface area contributed by atoms with Gasteiger partial charge in [-0.3, -0.25) is 9.59 Å². The van der Waals surface area contributed by atoms with E-state index in [0.29, 0.717) is 23.7 Å². The molecule has 1 saturated heterocycles. The molecule has 33 heavy (non-hydrogen) atoms. The first-order valence-corrected chi connectivity index (χ1v) is 11.8. The molecule has 2 aromatic carbocycles. The van der Waals surface area contributed by atoms with Crippen molar-refractivity contribution in [3.63, 3.8) is 0 Å². The van der Waals surface area contributed by atoms with Crippen LogP contribution in [0.25, 0.3) is 0 Å². The molecular weight excluding hydrogens is 463 g/mol. The predicted molar refractivity (Wildman–Crippen MR) is 135 cm³/mol. The first-order valence-electron chi connectivity index (χ1n) is 10.9. The van der Waals surface area contributed by atoms with Crippen molar-refractivity contribution < 1.29 is 14.3 Å². The number of alkyl halides is 2. The molecule has 3 rings (SSSR count). The van der Waals surface area contributed by atoms with Crippen LogP contribution < -0.4 is 25.2 Å². The highest BCUT2D eigenvalue weighted by Gasteiger charge is 2.24. The largest absolute Gasteiger partial charge is 0.495 e. The average molecular weight is 493 g/mol. The Kier molecular flexibility index (Phi) is 8.69. The minimum absolute atomic E-state index is 0.185. The number of carbonyl (C=O) groups excluding carboxylic acids is 2. The fourth-order valence-corrected chi connectivity index (χ4v) is 3.85. The molecule has 0 spiro atoms. The van der Waals surface area contributed by atoms with Gasteiger partial charge in [-0.05, 0) is 36.2 Å². The number of nitrogens with zero attached hydrogens (tertiary/aromatic N) is 2. The van der Waals surface area contributed by atoms with E-state index in [9.17, 15) is 9.59 Å². The third-order valence-electron chi connectivity index (χ3n) is 5.42. The van der Waals surface area contributed by atoms with E-state index in [1.54, 1.807) is 19.2 Å². The van der Waals surface area contributed by atoms with Crippen LogP contribution in [0.3, 0.4) is 0 Å². The van der Waals surface area contributed by atoms with Crippen molar-refractivity contribution in [1.82, 2.24) is 5.32 Å². The lowest BCUT2D eigenvalue weighted by Gasteiger charge is -2.38. The summed E-state index contributed by atoms with van der Waals surface area (Å²) in [5, 5.41) is 5.62. The van der Waals surface area contributed by atoms with E-state index >= 15 is 0 Å². The SMILES string of the molecule is COc1ccccc1N1CCN(c2ccc(NC(=O)C(Cl)Cl)cc2C(=O)NCC(C)C)CC1. The number of hydrogen-bond donors (Lipinski definition) is 2. The Morgan fingerprint density at radius 1 is 1.00 bits per heavy atom. The maximum atomic E-state index is 13.0. The number of hydrogen-bond acceptors (Lipinski definition) is 5. The molecule has 2 aromatic rings. The number of halogens is 2. The van der Waals surface area contributed by atoms with Crippen LogP contribution in [0.5, 0.6) is 5.75 Å². The van der Waals surface area contributed by atoms with E-state index in [1.165, 1.54) is 0 Å². The smallest absolute Gasteiger partial charge is 0.257 e. The number of amides is 2. The molecule has 0 bridgehead atoms. The monoisotopic (exact) mass is 492 g/mol. The van der Waals surface area contributed by atoms with Gasteiger partial charge in [-0.1, -0.05) is 49.2 Å². The second kappa shape index (κ2) is 11.5. The quantitative estimate of drug-likeness (QED) is 0.541. The van der Waals surface area contributed by atoms with Gasteiger partial charge in [-0.2, -0.15) is 0 Å². The highest BCUT2D eigenvalue weighted by atomic mass is 35.5. The molecule has 2 amide bonds. The van der Waals surface area contributed by atoms with Crippen molar-refractivity contribution in [2.75, 3.05) is 55.0 Å². The molecule has 9 heteroatoms. The number of methoxy groups -OCH3 is 1. The summed E-state index contributed by atoms with van der Waals surface area (Å²) in [6, 6.07) is 13.3.